The van der Waals surface area contributed by atoms with E-state index in [1.807, 2.05) is 44.2 Å². The second-order valence-electron chi connectivity index (χ2n) is 5.71. The number of methoxy groups -OCH3 is 1. The van der Waals surface area contributed by atoms with Crippen LogP contribution in [0.2, 0.25) is 0 Å². The highest BCUT2D eigenvalue weighted by molar-refractivity contribution is 9.10. The molecular formula is C17H26BrNO3S. The lowest BCUT2D eigenvalue weighted by molar-refractivity contribution is -0.145. The van der Waals surface area contributed by atoms with Crippen LogP contribution in [0.25, 0.3) is 0 Å². The highest BCUT2D eigenvalue weighted by atomic mass is 79.9. The molecule has 1 amide bonds. The van der Waals surface area contributed by atoms with E-state index in [9.17, 15) is 9.59 Å². The highest BCUT2D eigenvalue weighted by Crippen LogP contribution is 2.13. The van der Waals surface area contributed by atoms with E-state index >= 15 is 0 Å². The molecule has 0 aromatic heterocycles. The quantitative estimate of drug-likeness (QED) is 0.535. The molecule has 0 aliphatic heterocycles. The number of ether oxygens (including phenoxy) is 1. The minimum atomic E-state index is -0.589. The molecule has 0 saturated heterocycles. The van der Waals surface area contributed by atoms with Crippen molar-refractivity contribution in [2.45, 2.75) is 44.0 Å². The summed E-state index contributed by atoms with van der Waals surface area (Å²) >= 11 is 3.40. The Balaban J connectivity index is 0.00000484. The fourth-order valence-corrected chi connectivity index (χ4v) is 2.52. The molecule has 0 radical (unpaired) electrons. The fraction of sp³-hybridized carbons (Fsp3) is 0.529. The normalized spacial score (nSPS) is 12.9. The number of halogens is 1. The first-order valence-corrected chi connectivity index (χ1v) is 8.41. The number of hydrogen-bond acceptors (Lipinski definition) is 3. The van der Waals surface area contributed by atoms with Gasteiger partial charge in [-0.2, -0.15) is 13.5 Å². The molecule has 0 saturated carbocycles. The molecule has 0 aliphatic carbocycles. The molecule has 0 heterocycles. The van der Waals surface area contributed by atoms with Gasteiger partial charge in [0.15, 0.2) is 0 Å². The summed E-state index contributed by atoms with van der Waals surface area (Å²) in [6.07, 6.45) is 2.04. The molecule has 1 aromatic rings. The number of benzene rings is 1. The van der Waals surface area contributed by atoms with Crippen LogP contribution in [0.15, 0.2) is 30.3 Å². The zero-order valence-corrected chi connectivity index (χ0v) is 16.4. The lowest BCUT2D eigenvalue weighted by Crippen LogP contribution is -2.45. The van der Waals surface area contributed by atoms with Gasteiger partial charge in [0.1, 0.15) is 6.04 Å². The van der Waals surface area contributed by atoms with Crippen molar-refractivity contribution in [3.63, 3.8) is 0 Å². The third kappa shape index (κ3) is 8.42. The molecule has 1 aromatic carbocycles. The number of hydrogen-bond donors (Lipinski definition) is 1. The maximum Gasteiger partial charge on any atom is 0.328 e. The minimum absolute atomic E-state index is 0. The Hall–Kier alpha value is -1.01. The number of nitrogens with one attached hydrogen (secondary N) is 1. The van der Waals surface area contributed by atoms with E-state index in [1.165, 1.54) is 12.7 Å². The SMILES string of the molecule is COC(=O)[C@H](CC(C)C)NC(=O)[C@H](Br)CCc1ccccc1.S. The van der Waals surface area contributed by atoms with Crippen molar-refractivity contribution in [3.8, 4) is 0 Å². The van der Waals surface area contributed by atoms with Gasteiger partial charge in [0.2, 0.25) is 5.91 Å². The summed E-state index contributed by atoms with van der Waals surface area (Å²) in [5.74, 6) is -0.278. The smallest absolute Gasteiger partial charge is 0.328 e. The number of carbonyl (C=O) groups is 2. The van der Waals surface area contributed by atoms with Gasteiger partial charge < -0.3 is 10.1 Å². The Bertz CT molecular complexity index is 482. The maximum absolute atomic E-state index is 12.2. The van der Waals surface area contributed by atoms with Crippen molar-refractivity contribution in [1.82, 2.24) is 5.32 Å². The van der Waals surface area contributed by atoms with Crippen LogP contribution in [0.5, 0.6) is 0 Å². The number of amides is 1. The number of esters is 1. The van der Waals surface area contributed by atoms with Gasteiger partial charge in [-0.15, -0.1) is 0 Å². The Labute approximate surface area is 153 Å². The van der Waals surface area contributed by atoms with E-state index in [0.29, 0.717) is 18.8 Å². The molecule has 23 heavy (non-hydrogen) atoms. The first kappa shape index (κ1) is 22.0. The number of alkyl halides is 1. The molecule has 0 unspecified atom stereocenters. The Morgan fingerprint density at radius 3 is 2.35 bits per heavy atom. The minimum Gasteiger partial charge on any atom is -0.467 e. The standard InChI is InChI=1S/C17H24BrNO3.H2S/c1-12(2)11-15(17(21)22-3)19-16(20)14(18)10-9-13-7-5-4-6-8-13;/h4-8,12,14-15H,9-11H2,1-3H3,(H,19,20);1H2/t14-,15+;/m1./s1. The van der Waals surface area contributed by atoms with Gasteiger partial charge in [0.05, 0.1) is 11.9 Å². The molecular weight excluding hydrogens is 378 g/mol. The molecule has 0 fully saturated rings. The van der Waals surface area contributed by atoms with Gasteiger partial charge in [0.25, 0.3) is 0 Å². The van der Waals surface area contributed by atoms with E-state index in [4.69, 9.17) is 4.74 Å². The lowest BCUT2D eigenvalue weighted by Gasteiger charge is -2.20. The molecule has 4 nitrogen and oxygen atoms in total. The fourth-order valence-electron chi connectivity index (χ4n) is 2.16. The van der Waals surface area contributed by atoms with Crippen molar-refractivity contribution in [3.05, 3.63) is 35.9 Å². The van der Waals surface area contributed by atoms with Gasteiger partial charge in [-0.05, 0) is 30.7 Å². The third-order valence-electron chi connectivity index (χ3n) is 3.32. The first-order valence-electron chi connectivity index (χ1n) is 7.50. The van der Waals surface area contributed by atoms with Crippen LogP contribution in [0.4, 0.5) is 0 Å². The predicted octanol–water partition coefficient (Wildman–Crippen LogP) is 3.20. The molecule has 1 rings (SSSR count). The van der Waals surface area contributed by atoms with Gasteiger partial charge in [-0.1, -0.05) is 60.1 Å². The van der Waals surface area contributed by atoms with E-state index < -0.39 is 12.0 Å². The molecule has 0 aliphatic rings. The van der Waals surface area contributed by atoms with Crippen LogP contribution in [-0.4, -0.2) is 29.9 Å². The Kier molecular flexibility index (Phi) is 11.0. The summed E-state index contributed by atoms with van der Waals surface area (Å²) in [7, 11) is 1.34. The van der Waals surface area contributed by atoms with Gasteiger partial charge in [-0.3, -0.25) is 4.79 Å². The summed E-state index contributed by atoms with van der Waals surface area (Å²) in [6.45, 7) is 4.01. The van der Waals surface area contributed by atoms with Crippen molar-refractivity contribution < 1.29 is 14.3 Å². The van der Waals surface area contributed by atoms with E-state index in [1.54, 1.807) is 0 Å². The summed E-state index contributed by atoms with van der Waals surface area (Å²) in [5, 5.41) is 2.77. The van der Waals surface area contributed by atoms with Crippen LogP contribution in [0.1, 0.15) is 32.3 Å². The van der Waals surface area contributed by atoms with Gasteiger partial charge in [-0.25, -0.2) is 4.79 Å². The van der Waals surface area contributed by atoms with Gasteiger partial charge in [0, 0.05) is 0 Å². The monoisotopic (exact) mass is 403 g/mol. The Morgan fingerprint density at radius 1 is 1.22 bits per heavy atom. The van der Waals surface area contributed by atoms with Crippen LogP contribution in [0.3, 0.4) is 0 Å². The van der Waals surface area contributed by atoms with E-state index in [2.05, 4.69) is 21.2 Å². The lowest BCUT2D eigenvalue weighted by atomic mass is 10.0. The average molecular weight is 404 g/mol. The largest absolute Gasteiger partial charge is 0.467 e. The topological polar surface area (TPSA) is 55.4 Å². The second kappa shape index (κ2) is 11.5. The zero-order chi connectivity index (χ0) is 16.5. The number of carbonyl (C=O) groups excluding carboxylic acids is 2. The molecule has 130 valence electrons. The van der Waals surface area contributed by atoms with Crippen LogP contribution in [-0.2, 0) is 20.7 Å². The number of rotatable bonds is 8. The number of aryl methyl sites for hydroxylation is 1. The molecule has 6 heteroatoms. The van der Waals surface area contributed by atoms with E-state index in [0.717, 1.165) is 6.42 Å². The van der Waals surface area contributed by atoms with E-state index in [-0.39, 0.29) is 24.2 Å². The average Bonchev–Trinajstić information content (AvgIpc) is 2.51. The first-order chi connectivity index (χ1) is 10.4. The summed E-state index contributed by atoms with van der Waals surface area (Å²) in [5.41, 5.74) is 1.19. The summed E-state index contributed by atoms with van der Waals surface area (Å²) in [6, 6.07) is 9.41. The molecule has 0 spiro atoms. The van der Waals surface area contributed by atoms with Gasteiger partial charge >= 0.3 is 5.97 Å². The van der Waals surface area contributed by atoms with Crippen molar-refractivity contribution in [2.24, 2.45) is 5.92 Å². The summed E-state index contributed by atoms with van der Waals surface area (Å²) < 4.78 is 4.75. The zero-order valence-electron chi connectivity index (χ0n) is 13.8. The molecule has 0 bridgehead atoms. The van der Waals surface area contributed by atoms with Crippen LogP contribution in [0, 0.1) is 5.92 Å². The predicted molar refractivity (Wildman–Crippen MR) is 101 cm³/mol. The van der Waals surface area contributed by atoms with Crippen LogP contribution < -0.4 is 5.32 Å². The highest BCUT2D eigenvalue weighted by Gasteiger charge is 2.25. The maximum atomic E-state index is 12.2. The van der Waals surface area contributed by atoms with Crippen LogP contribution >= 0.6 is 29.4 Å². The molecule has 1 N–H and O–H groups in total. The third-order valence-corrected chi connectivity index (χ3v) is 4.20. The van der Waals surface area contributed by atoms with Crippen molar-refractivity contribution in [1.29, 1.82) is 0 Å². The molecule has 2 atom stereocenters. The summed E-state index contributed by atoms with van der Waals surface area (Å²) in [4.78, 5) is 23.6. The van der Waals surface area contributed by atoms with Crippen molar-refractivity contribution in [2.75, 3.05) is 7.11 Å². The van der Waals surface area contributed by atoms with Crippen molar-refractivity contribution >= 4 is 41.3 Å². The Morgan fingerprint density at radius 2 is 1.83 bits per heavy atom. The second-order valence-corrected chi connectivity index (χ2v) is 6.81.